The van der Waals surface area contributed by atoms with Crippen molar-refractivity contribution in [3.05, 3.63) is 83.0 Å². The van der Waals surface area contributed by atoms with Gasteiger partial charge < -0.3 is 4.74 Å². The number of methoxy groups -OCH3 is 1. The van der Waals surface area contributed by atoms with E-state index < -0.39 is 0 Å². The standard InChI is InChI=1S/C23H26O/c1-15-9-10-19(24-6)13-21(15)17(3)12-16(2)18(4)20-8-7-11-23(5)14-22(20)23/h7-14,16H,4H2,1-3,5-6H3. The first-order valence-electron chi connectivity index (χ1n) is 8.51. The molecular weight excluding hydrogens is 292 g/mol. The van der Waals surface area contributed by atoms with Gasteiger partial charge in [-0.15, -0.1) is 0 Å². The summed E-state index contributed by atoms with van der Waals surface area (Å²) in [6.07, 6.45) is 11.2. The van der Waals surface area contributed by atoms with Crippen molar-refractivity contribution in [1.82, 2.24) is 0 Å². The highest BCUT2D eigenvalue weighted by atomic mass is 16.5. The van der Waals surface area contributed by atoms with Gasteiger partial charge in [0.1, 0.15) is 5.75 Å². The molecule has 24 heavy (non-hydrogen) atoms. The predicted octanol–water partition coefficient (Wildman–Crippen LogP) is 6.04. The molecule has 0 spiro atoms. The van der Waals surface area contributed by atoms with Gasteiger partial charge in [-0.2, -0.15) is 0 Å². The molecule has 0 radical (unpaired) electrons. The highest BCUT2D eigenvalue weighted by Crippen LogP contribution is 2.53. The zero-order valence-corrected chi connectivity index (χ0v) is 15.3. The van der Waals surface area contributed by atoms with Crippen LogP contribution in [0.4, 0.5) is 0 Å². The first-order chi connectivity index (χ1) is 11.4. The third-order valence-corrected chi connectivity index (χ3v) is 5.20. The highest BCUT2D eigenvalue weighted by molar-refractivity contribution is 5.70. The average Bonchev–Trinajstić information content (AvgIpc) is 3.26. The Labute approximate surface area is 145 Å². The first-order valence-corrected chi connectivity index (χ1v) is 8.51. The second-order valence-corrected chi connectivity index (χ2v) is 7.12. The second kappa shape index (κ2) is 5.98. The number of hydrogen-bond donors (Lipinski definition) is 0. The maximum Gasteiger partial charge on any atom is 0.119 e. The van der Waals surface area contributed by atoms with Crippen molar-refractivity contribution in [3.63, 3.8) is 0 Å². The summed E-state index contributed by atoms with van der Waals surface area (Å²) in [4.78, 5) is 0. The fourth-order valence-electron chi connectivity index (χ4n) is 3.45. The molecule has 2 aliphatic rings. The van der Waals surface area contributed by atoms with E-state index in [1.54, 1.807) is 7.11 Å². The van der Waals surface area contributed by atoms with Crippen LogP contribution in [0, 0.1) is 18.3 Å². The fraction of sp³-hybridized carbons (Fsp3) is 0.304. The molecule has 1 nitrogen and oxygen atoms in total. The molecule has 0 saturated heterocycles. The minimum Gasteiger partial charge on any atom is -0.497 e. The van der Waals surface area contributed by atoms with Crippen LogP contribution in [-0.2, 0) is 0 Å². The van der Waals surface area contributed by atoms with Gasteiger partial charge in [0.05, 0.1) is 7.11 Å². The predicted molar refractivity (Wildman–Crippen MR) is 103 cm³/mol. The van der Waals surface area contributed by atoms with Crippen LogP contribution in [0.15, 0.2) is 71.9 Å². The smallest absolute Gasteiger partial charge is 0.119 e. The van der Waals surface area contributed by atoms with Gasteiger partial charge in [-0.05, 0) is 72.2 Å². The van der Waals surface area contributed by atoms with E-state index in [1.165, 1.54) is 33.4 Å². The molecule has 0 saturated carbocycles. The van der Waals surface area contributed by atoms with Gasteiger partial charge in [0, 0.05) is 5.41 Å². The molecular formula is C23H26O. The maximum absolute atomic E-state index is 5.37. The van der Waals surface area contributed by atoms with Crippen LogP contribution in [0.25, 0.3) is 5.57 Å². The molecule has 0 aliphatic heterocycles. The molecule has 0 fully saturated rings. The SMILES string of the molecule is C=C(C1=CC=CC2(C)C=C12)C(C)C=C(C)c1cc(OC)ccc1C. The lowest BCUT2D eigenvalue weighted by Gasteiger charge is -2.20. The zero-order valence-electron chi connectivity index (χ0n) is 15.3. The summed E-state index contributed by atoms with van der Waals surface area (Å²) >= 11 is 0. The number of benzene rings is 1. The van der Waals surface area contributed by atoms with Crippen LogP contribution >= 0.6 is 0 Å². The largest absolute Gasteiger partial charge is 0.497 e. The molecule has 0 bridgehead atoms. The lowest BCUT2D eigenvalue weighted by molar-refractivity contribution is 0.414. The van der Waals surface area contributed by atoms with Crippen LogP contribution in [0.2, 0.25) is 0 Å². The lowest BCUT2D eigenvalue weighted by Crippen LogP contribution is -2.05. The molecule has 2 atom stereocenters. The number of ether oxygens (including phenoxy) is 1. The molecule has 0 heterocycles. The van der Waals surface area contributed by atoms with E-state index >= 15 is 0 Å². The summed E-state index contributed by atoms with van der Waals surface area (Å²) in [5.41, 5.74) is 7.86. The molecule has 0 aromatic heterocycles. The van der Waals surface area contributed by atoms with E-state index in [1.807, 2.05) is 6.07 Å². The summed E-state index contributed by atoms with van der Waals surface area (Å²) in [6.45, 7) is 13.2. The maximum atomic E-state index is 5.37. The van der Waals surface area contributed by atoms with Gasteiger partial charge in [0.25, 0.3) is 0 Å². The van der Waals surface area contributed by atoms with Crippen molar-refractivity contribution in [1.29, 1.82) is 0 Å². The van der Waals surface area contributed by atoms with Gasteiger partial charge in [0.2, 0.25) is 0 Å². The first kappa shape index (κ1) is 16.6. The Morgan fingerprint density at radius 3 is 2.79 bits per heavy atom. The van der Waals surface area contributed by atoms with Crippen molar-refractivity contribution in [2.24, 2.45) is 11.3 Å². The van der Waals surface area contributed by atoms with E-state index in [-0.39, 0.29) is 5.41 Å². The van der Waals surface area contributed by atoms with Crippen molar-refractivity contribution < 1.29 is 4.74 Å². The van der Waals surface area contributed by atoms with Crippen LogP contribution in [0.5, 0.6) is 5.75 Å². The van der Waals surface area contributed by atoms with Crippen LogP contribution in [0.1, 0.15) is 31.9 Å². The zero-order chi connectivity index (χ0) is 17.5. The molecule has 3 rings (SSSR count). The molecule has 2 aliphatic carbocycles. The second-order valence-electron chi connectivity index (χ2n) is 7.12. The summed E-state index contributed by atoms with van der Waals surface area (Å²) < 4.78 is 5.37. The average molecular weight is 318 g/mol. The summed E-state index contributed by atoms with van der Waals surface area (Å²) in [5.74, 6) is 1.19. The number of aryl methyl sites for hydroxylation is 1. The molecule has 1 aromatic carbocycles. The Morgan fingerprint density at radius 2 is 2.08 bits per heavy atom. The topological polar surface area (TPSA) is 9.23 Å². The molecule has 124 valence electrons. The summed E-state index contributed by atoms with van der Waals surface area (Å²) in [6, 6.07) is 6.23. The van der Waals surface area contributed by atoms with Crippen LogP contribution in [-0.4, -0.2) is 7.11 Å². The summed E-state index contributed by atoms with van der Waals surface area (Å²) in [5, 5.41) is 0. The van der Waals surface area contributed by atoms with Crippen molar-refractivity contribution in [3.8, 4) is 5.75 Å². The normalized spacial score (nSPS) is 23.1. The van der Waals surface area contributed by atoms with Gasteiger partial charge in [-0.3, -0.25) is 0 Å². The monoisotopic (exact) mass is 318 g/mol. The fourth-order valence-corrected chi connectivity index (χ4v) is 3.45. The minimum atomic E-state index is 0.175. The van der Waals surface area contributed by atoms with Gasteiger partial charge in [0.15, 0.2) is 0 Å². The van der Waals surface area contributed by atoms with Gasteiger partial charge >= 0.3 is 0 Å². The van der Waals surface area contributed by atoms with E-state index in [0.717, 1.165) is 5.75 Å². The number of allylic oxidation sites excluding steroid dienone is 9. The third kappa shape index (κ3) is 2.91. The third-order valence-electron chi connectivity index (χ3n) is 5.20. The Hall–Kier alpha value is -2.28. The molecule has 1 aromatic rings. The van der Waals surface area contributed by atoms with E-state index in [0.29, 0.717) is 5.92 Å². The Morgan fingerprint density at radius 1 is 1.33 bits per heavy atom. The van der Waals surface area contributed by atoms with Crippen LogP contribution < -0.4 is 4.74 Å². The number of fused-ring (bicyclic) bond motifs is 1. The van der Waals surface area contributed by atoms with Crippen molar-refractivity contribution >= 4 is 5.57 Å². The highest BCUT2D eigenvalue weighted by Gasteiger charge is 2.40. The molecule has 0 amide bonds. The summed E-state index contributed by atoms with van der Waals surface area (Å²) in [7, 11) is 1.71. The van der Waals surface area contributed by atoms with E-state index in [4.69, 9.17) is 4.74 Å². The van der Waals surface area contributed by atoms with Crippen molar-refractivity contribution in [2.75, 3.05) is 7.11 Å². The van der Waals surface area contributed by atoms with Gasteiger partial charge in [-0.1, -0.05) is 49.9 Å². The van der Waals surface area contributed by atoms with Crippen molar-refractivity contribution in [2.45, 2.75) is 27.7 Å². The Balaban J connectivity index is 1.83. The van der Waals surface area contributed by atoms with Crippen LogP contribution in [0.3, 0.4) is 0 Å². The lowest BCUT2D eigenvalue weighted by atomic mass is 9.84. The number of rotatable bonds is 5. The molecule has 0 N–H and O–H groups in total. The quantitative estimate of drug-likeness (QED) is 0.643. The minimum absolute atomic E-state index is 0.175. The number of hydrogen-bond acceptors (Lipinski definition) is 1. The molecule has 2 unspecified atom stereocenters. The Kier molecular flexibility index (Phi) is 4.13. The molecule has 1 heteroatoms. The van der Waals surface area contributed by atoms with E-state index in [2.05, 4.69) is 76.8 Å². The van der Waals surface area contributed by atoms with Gasteiger partial charge in [-0.25, -0.2) is 0 Å². The Bertz CT molecular complexity index is 816. The van der Waals surface area contributed by atoms with E-state index in [9.17, 15) is 0 Å².